The van der Waals surface area contributed by atoms with Crippen LogP contribution in [0.25, 0.3) is 11.0 Å². The number of aromatic amines is 1. The normalized spacial score (nSPS) is 19.2. The Kier molecular flexibility index (Phi) is 5.97. The molecule has 196 valence electrons. The topological polar surface area (TPSA) is 147 Å². The van der Waals surface area contributed by atoms with E-state index in [9.17, 15) is 21.6 Å². The highest BCUT2D eigenvalue weighted by Gasteiger charge is 2.37. The molecule has 2 aliphatic heterocycles. The van der Waals surface area contributed by atoms with E-state index in [0.717, 1.165) is 16.6 Å². The number of rotatable bonds is 7. The number of sulfonamides is 2. The molecule has 2 atom stereocenters. The summed E-state index contributed by atoms with van der Waals surface area (Å²) in [6.45, 7) is 0.524. The van der Waals surface area contributed by atoms with Gasteiger partial charge in [-0.05, 0) is 53.4 Å². The second-order valence-corrected chi connectivity index (χ2v) is 13.0. The largest absolute Gasteiger partial charge is 0.493 e. The molecular formula is C26H24N4O6S2. The Morgan fingerprint density at radius 1 is 1.08 bits per heavy atom. The average molecular weight is 553 g/mol. The Morgan fingerprint density at radius 2 is 1.87 bits per heavy atom. The molecule has 6 rings (SSSR count). The van der Waals surface area contributed by atoms with Gasteiger partial charge in [0.05, 0.1) is 35.0 Å². The maximum Gasteiger partial charge on any atom is 0.242 e. The van der Waals surface area contributed by atoms with Gasteiger partial charge >= 0.3 is 0 Å². The van der Waals surface area contributed by atoms with Crippen LogP contribution in [0.15, 0.2) is 71.6 Å². The zero-order chi connectivity index (χ0) is 26.5. The zero-order valence-electron chi connectivity index (χ0n) is 20.0. The van der Waals surface area contributed by atoms with Crippen molar-refractivity contribution in [3.63, 3.8) is 0 Å². The van der Waals surface area contributed by atoms with Crippen molar-refractivity contribution in [2.75, 3.05) is 6.61 Å². The molecule has 0 spiro atoms. The summed E-state index contributed by atoms with van der Waals surface area (Å²) in [6.07, 6.45) is 0.771. The van der Waals surface area contributed by atoms with Gasteiger partial charge in [-0.2, -0.15) is 0 Å². The van der Waals surface area contributed by atoms with E-state index in [1.54, 1.807) is 36.4 Å². The van der Waals surface area contributed by atoms with Crippen LogP contribution in [-0.2, 0) is 37.7 Å². The molecule has 1 unspecified atom stereocenters. The van der Waals surface area contributed by atoms with Crippen molar-refractivity contribution >= 4 is 37.0 Å². The Balaban J connectivity index is 1.31. The molecule has 3 aromatic carbocycles. The SMILES string of the molecule is O=C1CC(c2ccc(C[C@H](NS(=O)(=O)c3ccc4c(c3)CCO4)c3nc4ccccc4[nH]3)cc2)S(=O)(=O)N1. The Morgan fingerprint density at radius 3 is 2.61 bits per heavy atom. The van der Waals surface area contributed by atoms with E-state index in [4.69, 9.17) is 4.74 Å². The summed E-state index contributed by atoms with van der Waals surface area (Å²) in [4.78, 5) is 19.6. The molecule has 1 fully saturated rings. The van der Waals surface area contributed by atoms with Crippen molar-refractivity contribution in [3.8, 4) is 5.75 Å². The number of ether oxygens (including phenoxy) is 1. The number of carbonyl (C=O) groups excluding carboxylic acids is 1. The number of hydrogen-bond acceptors (Lipinski definition) is 7. The van der Waals surface area contributed by atoms with Gasteiger partial charge < -0.3 is 9.72 Å². The lowest BCUT2D eigenvalue weighted by atomic mass is 10.0. The number of hydrogen-bond donors (Lipinski definition) is 3. The summed E-state index contributed by atoms with van der Waals surface area (Å²) >= 11 is 0. The highest BCUT2D eigenvalue weighted by Crippen LogP contribution is 2.32. The molecule has 10 nitrogen and oxygen atoms in total. The van der Waals surface area contributed by atoms with Crippen LogP contribution in [0.3, 0.4) is 0 Å². The van der Waals surface area contributed by atoms with E-state index >= 15 is 0 Å². The van der Waals surface area contributed by atoms with Gasteiger partial charge in [0.15, 0.2) is 0 Å². The van der Waals surface area contributed by atoms with Gasteiger partial charge in [-0.3, -0.25) is 9.52 Å². The van der Waals surface area contributed by atoms with Gasteiger partial charge in [0, 0.05) is 6.42 Å². The number of benzene rings is 3. The first-order valence-electron chi connectivity index (χ1n) is 12.0. The fourth-order valence-electron chi connectivity index (χ4n) is 4.87. The summed E-state index contributed by atoms with van der Waals surface area (Å²) in [6, 6.07) is 18.3. The molecule has 38 heavy (non-hydrogen) atoms. The molecule has 2 aliphatic rings. The first-order chi connectivity index (χ1) is 18.2. The summed E-state index contributed by atoms with van der Waals surface area (Å²) in [5.74, 6) is 0.618. The molecule has 4 aromatic rings. The highest BCUT2D eigenvalue weighted by molar-refractivity contribution is 7.90. The second kappa shape index (κ2) is 9.22. The van der Waals surface area contributed by atoms with Gasteiger partial charge in [0.2, 0.25) is 26.0 Å². The number of para-hydroxylation sites is 2. The number of carbonyl (C=O) groups is 1. The lowest BCUT2D eigenvalue weighted by Crippen LogP contribution is -2.31. The monoisotopic (exact) mass is 552 g/mol. The number of fused-ring (bicyclic) bond motifs is 2. The van der Waals surface area contributed by atoms with Crippen LogP contribution in [0.1, 0.15) is 40.2 Å². The predicted octanol–water partition coefficient (Wildman–Crippen LogP) is 2.65. The van der Waals surface area contributed by atoms with E-state index in [1.807, 2.05) is 29.0 Å². The van der Waals surface area contributed by atoms with Gasteiger partial charge in [-0.15, -0.1) is 0 Å². The zero-order valence-corrected chi connectivity index (χ0v) is 21.7. The minimum atomic E-state index is -3.92. The molecule has 12 heteroatoms. The third-order valence-electron chi connectivity index (χ3n) is 6.80. The molecule has 0 radical (unpaired) electrons. The number of nitrogens with one attached hydrogen (secondary N) is 3. The van der Waals surface area contributed by atoms with Gasteiger partial charge in [0.1, 0.15) is 16.8 Å². The molecule has 0 aliphatic carbocycles. The van der Waals surface area contributed by atoms with Crippen molar-refractivity contribution in [3.05, 3.63) is 89.2 Å². The van der Waals surface area contributed by atoms with Crippen LogP contribution in [0, 0.1) is 0 Å². The molecule has 0 bridgehead atoms. The summed E-state index contributed by atoms with van der Waals surface area (Å²) < 4.78 is 61.7. The highest BCUT2D eigenvalue weighted by atomic mass is 32.2. The molecule has 1 aromatic heterocycles. The van der Waals surface area contributed by atoms with E-state index in [2.05, 4.69) is 14.7 Å². The van der Waals surface area contributed by atoms with Crippen molar-refractivity contribution in [2.24, 2.45) is 0 Å². The second-order valence-electron chi connectivity index (χ2n) is 9.39. The van der Waals surface area contributed by atoms with E-state index in [-0.39, 0.29) is 17.7 Å². The van der Waals surface area contributed by atoms with Crippen LogP contribution < -0.4 is 14.2 Å². The smallest absolute Gasteiger partial charge is 0.242 e. The molecular weight excluding hydrogens is 528 g/mol. The van der Waals surface area contributed by atoms with Crippen molar-refractivity contribution in [1.29, 1.82) is 0 Å². The number of aromatic nitrogens is 2. The van der Waals surface area contributed by atoms with Crippen LogP contribution in [0.5, 0.6) is 5.75 Å². The first kappa shape index (κ1) is 24.6. The number of nitrogens with zero attached hydrogens (tertiary/aromatic N) is 1. The summed E-state index contributed by atoms with van der Waals surface area (Å²) in [5.41, 5.74) is 3.59. The van der Waals surface area contributed by atoms with Gasteiger partial charge in [-0.25, -0.2) is 26.5 Å². The Bertz CT molecular complexity index is 1730. The maximum atomic E-state index is 13.5. The van der Waals surface area contributed by atoms with Crippen LogP contribution in [0.2, 0.25) is 0 Å². The average Bonchev–Trinajstić information content (AvgIpc) is 3.59. The molecule has 3 N–H and O–H groups in total. The minimum absolute atomic E-state index is 0.130. The summed E-state index contributed by atoms with van der Waals surface area (Å²) in [5, 5.41) is -0.947. The van der Waals surface area contributed by atoms with Crippen molar-refractivity contribution in [2.45, 2.75) is 35.4 Å². The van der Waals surface area contributed by atoms with Gasteiger partial charge in [0.25, 0.3) is 0 Å². The molecule has 0 saturated carbocycles. The fraction of sp³-hybridized carbons (Fsp3) is 0.231. The van der Waals surface area contributed by atoms with Crippen molar-refractivity contribution in [1.82, 2.24) is 19.4 Å². The lowest BCUT2D eigenvalue weighted by Gasteiger charge is -2.18. The van der Waals surface area contributed by atoms with Crippen LogP contribution in [-0.4, -0.2) is 39.3 Å². The molecule has 1 amide bonds. The number of imidazole rings is 1. The Labute approximate surface area is 219 Å². The van der Waals surface area contributed by atoms with Crippen LogP contribution >= 0.6 is 0 Å². The molecule has 3 heterocycles. The van der Waals surface area contributed by atoms with E-state index < -0.39 is 37.2 Å². The fourth-order valence-corrected chi connectivity index (χ4v) is 7.55. The lowest BCUT2D eigenvalue weighted by molar-refractivity contribution is -0.118. The van der Waals surface area contributed by atoms with Crippen molar-refractivity contribution < 1.29 is 26.4 Å². The first-order valence-corrected chi connectivity index (χ1v) is 15.1. The quantitative estimate of drug-likeness (QED) is 0.319. The Hall–Kier alpha value is -3.74. The van der Waals surface area contributed by atoms with Gasteiger partial charge in [-0.1, -0.05) is 36.4 Å². The third kappa shape index (κ3) is 4.66. The predicted molar refractivity (Wildman–Crippen MR) is 139 cm³/mol. The van der Waals surface area contributed by atoms with Crippen LogP contribution in [0.4, 0.5) is 0 Å². The van der Waals surface area contributed by atoms with E-state index in [0.29, 0.717) is 35.7 Å². The molecule has 1 saturated heterocycles. The number of amides is 1. The summed E-state index contributed by atoms with van der Waals surface area (Å²) in [7, 11) is -7.68. The maximum absolute atomic E-state index is 13.5. The number of H-pyrrole nitrogens is 1. The standard InChI is InChI=1S/C26H24N4O6S2/c31-25-15-24(38(34,35)30-25)17-7-5-16(6-8-17)13-22(26-27-20-3-1-2-4-21(20)28-26)29-37(32,33)19-9-10-23-18(14-19)11-12-36-23/h1-10,14,22,24,29H,11-13,15H2,(H,27,28)(H,30,31)/t22-,24?/m0/s1. The minimum Gasteiger partial charge on any atom is -0.493 e. The van der Waals surface area contributed by atoms with E-state index in [1.165, 1.54) is 6.07 Å². The third-order valence-corrected chi connectivity index (χ3v) is 9.97.